The van der Waals surface area contributed by atoms with Gasteiger partial charge >= 0.3 is 12.0 Å². The van der Waals surface area contributed by atoms with Crippen molar-refractivity contribution in [2.45, 2.75) is 50.4 Å². The highest BCUT2D eigenvalue weighted by molar-refractivity contribution is 5.83. The van der Waals surface area contributed by atoms with Crippen LogP contribution in [0.15, 0.2) is 17.0 Å². The van der Waals surface area contributed by atoms with Gasteiger partial charge in [-0.3, -0.25) is 4.79 Å². The molecule has 0 saturated heterocycles. The molecule has 9 N–H and O–H groups in total. The second-order valence-electron chi connectivity index (χ2n) is 6.61. The first-order valence-corrected chi connectivity index (χ1v) is 9.00. The van der Waals surface area contributed by atoms with Gasteiger partial charge in [0.25, 0.3) is 0 Å². The fourth-order valence-corrected chi connectivity index (χ4v) is 2.54. The number of H-pyrrole nitrogens is 1. The lowest BCUT2D eigenvalue weighted by molar-refractivity contribution is -0.141. The summed E-state index contributed by atoms with van der Waals surface area (Å²) in [6.45, 7) is 1.22. The summed E-state index contributed by atoms with van der Waals surface area (Å²) in [6, 6.07) is -4.02. The van der Waals surface area contributed by atoms with Crippen LogP contribution in [0.1, 0.15) is 49.3 Å². The quantitative estimate of drug-likeness (QED) is 0.220. The summed E-state index contributed by atoms with van der Waals surface area (Å²) in [5.41, 5.74) is 12.0. The van der Waals surface area contributed by atoms with Gasteiger partial charge in [-0.2, -0.15) is 4.98 Å². The number of aromatic amines is 1. The number of amides is 3. The van der Waals surface area contributed by atoms with Crippen LogP contribution in [0.2, 0.25) is 0 Å². The van der Waals surface area contributed by atoms with Crippen molar-refractivity contribution >= 4 is 17.9 Å². The van der Waals surface area contributed by atoms with Crippen molar-refractivity contribution in [1.82, 2.24) is 30.7 Å². The Morgan fingerprint density at radius 2 is 2.07 bits per heavy atom. The third-order valence-electron chi connectivity index (χ3n) is 4.10. The highest BCUT2D eigenvalue weighted by Gasteiger charge is 2.28. The van der Waals surface area contributed by atoms with Crippen LogP contribution in [0.4, 0.5) is 4.79 Å². The number of aliphatic hydroxyl groups excluding tert-OH is 1. The molecular formula is C16H24N8O6. The van der Waals surface area contributed by atoms with Gasteiger partial charge in [0.15, 0.2) is 11.9 Å². The number of nitrogens with zero attached hydrogens (tertiary/aromatic N) is 3. The molecule has 0 aromatic carbocycles. The lowest BCUT2D eigenvalue weighted by atomic mass is 10.1. The van der Waals surface area contributed by atoms with Crippen LogP contribution in [-0.4, -0.2) is 60.4 Å². The summed E-state index contributed by atoms with van der Waals surface area (Å²) in [4.78, 5) is 45.5. The van der Waals surface area contributed by atoms with E-state index in [9.17, 15) is 19.5 Å². The third kappa shape index (κ3) is 6.52. The Labute approximate surface area is 170 Å². The van der Waals surface area contributed by atoms with E-state index in [2.05, 4.69) is 30.7 Å². The summed E-state index contributed by atoms with van der Waals surface area (Å²) in [5, 5.41) is 26.9. The molecule has 0 radical (unpaired) electrons. The molecule has 4 atom stereocenters. The van der Waals surface area contributed by atoms with Gasteiger partial charge in [0.2, 0.25) is 11.8 Å². The largest absolute Gasteiger partial charge is 0.480 e. The number of carboxylic acid groups (broad SMARTS) is 1. The molecule has 2 rings (SSSR count). The molecule has 2 unspecified atom stereocenters. The normalized spacial score (nSPS) is 15.0. The molecule has 0 spiro atoms. The molecule has 14 heteroatoms. The first-order valence-electron chi connectivity index (χ1n) is 9.00. The lowest BCUT2D eigenvalue weighted by Crippen LogP contribution is -2.51. The number of hydrogen-bond acceptors (Lipinski definition) is 9. The Balaban J connectivity index is 2.10. The van der Waals surface area contributed by atoms with Crippen LogP contribution in [-0.2, 0) is 16.0 Å². The van der Waals surface area contributed by atoms with Crippen molar-refractivity contribution in [2.24, 2.45) is 11.5 Å². The fourth-order valence-electron chi connectivity index (χ4n) is 2.54. The van der Waals surface area contributed by atoms with Crippen LogP contribution in [0.25, 0.3) is 0 Å². The van der Waals surface area contributed by atoms with Gasteiger partial charge in [-0.15, -0.1) is 0 Å². The van der Waals surface area contributed by atoms with E-state index in [1.165, 1.54) is 13.3 Å². The third-order valence-corrected chi connectivity index (χ3v) is 4.10. The van der Waals surface area contributed by atoms with E-state index >= 15 is 0 Å². The van der Waals surface area contributed by atoms with Gasteiger partial charge < -0.3 is 41.8 Å². The smallest absolute Gasteiger partial charge is 0.328 e. The molecule has 0 aliphatic carbocycles. The molecule has 0 saturated carbocycles. The number of primary amides is 1. The Kier molecular flexibility index (Phi) is 7.83. The SMILES string of the molecule is CC(O)C(NC(=O)N[C@@H](CCC(N)=O)c1nc([C@@H](N)Cc2cnc[nH]2)no1)C(=O)O. The number of urea groups is 1. The molecule has 0 fully saturated rings. The number of carboxylic acids is 1. The van der Waals surface area contributed by atoms with Crippen LogP contribution in [0.3, 0.4) is 0 Å². The number of hydrogen-bond donors (Lipinski definition) is 7. The Hall–Kier alpha value is -3.52. The van der Waals surface area contributed by atoms with E-state index < -0.39 is 42.1 Å². The van der Waals surface area contributed by atoms with Crippen molar-refractivity contribution in [3.8, 4) is 0 Å². The minimum absolute atomic E-state index is 0.0204. The fraction of sp³-hybridized carbons (Fsp3) is 0.500. The number of nitrogens with two attached hydrogens (primary N) is 2. The molecule has 0 bridgehead atoms. The summed E-state index contributed by atoms with van der Waals surface area (Å²) in [5.74, 6) is -1.91. The molecule has 3 amide bonds. The van der Waals surface area contributed by atoms with E-state index in [4.69, 9.17) is 21.1 Å². The molecular weight excluding hydrogens is 400 g/mol. The van der Waals surface area contributed by atoms with Crippen molar-refractivity contribution < 1.29 is 29.1 Å². The molecule has 2 heterocycles. The molecule has 2 aromatic rings. The summed E-state index contributed by atoms with van der Waals surface area (Å²) < 4.78 is 5.17. The van der Waals surface area contributed by atoms with Crippen molar-refractivity contribution in [3.05, 3.63) is 29.9 Å². The average molecular weight is 424 g/mol. The monoisotopic (exact) mass is 424 g/mol. The number of aliphatic hydroxyl groups is 1. The first-order chi connectivity index (χ1) is 14.2. The van der Waals surface area contributed by atoms with Gasteiger partial charge in [0.1, 0.15) is 6.04 Å². The standard InChI is InChI=1S/C16H24N8O6/c1-7(25)12(15(27)28)22-16(29)21-10(2-3-11(18)26)14-23-13(24-30-14)9(17)4-8-5-19-6-20-8/h5-7,9-10,12,25H,2-4,17H2,1H3,(H2,18,26)(H,19,20)(H,27,28)(H2,21,22,29)/t7?,9-,10-,12?/m0/s1. The Bertz CT molecular complexity index is 852. The van der Waals surface area contributed by atoms with Crippen molar-refractivity contribution in [2.75, 3.05) is 0 Å². The lowest BCUT2D eigenvalue weighted by Gasteiger charge is -2.20. The molecule has 164 valence electrons. The number of carbonyl (C=O) groups excluding carboxylic acids is 2. The Morgan fingerprint density at radius 1 is 1.33 bits per heavy atom. The summed E-state index contributed by atoms with van der Waals surface area (Å²) in [6.07, 6.45) is 2.03. The van der Waals surface area contributed by atoms with Crippen LogP contribution in [0.5, 0.6) is 0 Å². The number of carbonyl (C=O) groups is 3. The van der Waals surface area contributed by atoms with Crippen LogP contribution >= 0.6 is 0 Å². The van der Waals surface area contributed by atoms with Crippen LogP contribution in [0, 0.1) is 0 Å². The zero-order valence-electron chi connectivity index (χ0n) is 16.1. The second kappa shape index (κ2) is 10.3. The zero-order chi connectivity index (χ0) is 22.3. The topological polar surface area (TPSA) is 235 Å². The highest BCUT2D eigenvalue weighted by atomic mass is 16.5. The number of aliphatic carboxylic acids is 1. The van der Waals surface area contributed by atoms with Gasteiger partial charge in [-0.25, -0.2) is 14.6 Å². The number of aromatic nitrogens is 4. The van der Waals surface area contributed by atoms with Crippen molar-refractivity contribution in [1.29, 1.82) is 0 Å². The van der Waals surface area contributed by atoms with E-state index in [0.29, 0.717) is 6.42 Å². The van der Waals surface area contributed by atoms with E-state index in [0.717, 1.165) is 5.69 Å². The zero-order valence-corrected chi connectivity index (χ0v) is 16.1. The van der Waals surface area contributed by atoms with Gasteiger partial charge in [0.05, 0.1) is 18.5 Å². The van der Waals surface area contributed by atoms with Gasteiger partial charge in [-0.05, 0) is 13.3 Å². The molecule has 0 aliphatic rings. The highest BCUT2D eigenvalue weighted by Crippen LogP contribution is 2.19. The minimum Gasteiger partial charge on any atom is -0.480 e. The second-order valence-corrected chi connectivity index (χ2v) is 6.61. The van der Waals surface area contributed by atoms with Crippen LogP contribution < -0.4 is 22.1 Å². The minimum atomic E-state index is -1.54. The number of imidazole rings is 1. The van der Waals surface area contributed by atoms with E-state index in [1.54, 1.807) is 6.20 Å². The number of rotatable bonds is 11. The predicted octanol–water partition coefficient (Wildman–Crippen LogP) is -1.52. The maximum absolute atomic E-state index is 12.2. The summed E-state index contributed by atoms with van der Waals surface area (Å²) in [7, 11) is 0. The molecule has 30 heavy (non-hydrogen) atoms. The predicted molar refractivity (Wildman–Crippen MR) is 99.5 cm³/mol. The van der Waals surface area contributed by atoms with E-state index in [-0.39, 0.29) is 24.6 Å². The van der Waals surface area contributed by atoms with E-state index in [1.807, 2.05) is 0 Å². The number of nitrogens with one attached hydrogen (secondary N) is 3. The molecule has 2 aromatic heterocycles. The van der Waals surface area contributed by atoms with Crippen molar-refractivity contribution in [3.63, 3.8) is 0 Å². The maximum Gasteiger partial charge on any atom is 0.328 e. The summed E-state index contributed by atoms with van der Waals surface area (Å²) >= 11 is 0. The average Bonchev–Trinajstić information content (AvgIpc) is 3.34. The maximum atomic E-state index is 12.2. The first kappa shape index (κ1) is 22.8. The van der Waals surface area contributed by atoms with Gasteiger partial charge in [-0.1, -0.05) is 5.16 Å². The van der Waals surface area contributed by atoms with Gasteiger partial charge in [0, 0.05) is 24.7 Å². The molecule has 0 aliphatic heterocycles. The Morgan fingerprint density at radius 3 is 2.63 bits per heavy atom. The molecule has 14 nitrogen and oxygen atoms in total.